The van der Waals surface area contributed by atoms with Gasteiger partial charge in [0.05, 0.1) is 5.54 Å². The second kappa shape index (κ2) is 3.73. The molecule has 0 aromatic rings. The minimum absolute atomic E-state index is 0.194. The Morgan fingerprint density at radius 1 is 1.25 bits per heavy atom. The summed E-state index contributed by atoms with van der Waals surface area (Å²) in [4.78, 5) is 14.0. The number of rotatable bonds is 1. The molecule has 0 aromatic carbocycles. The molecule has 2 fully saturated rings. The fourth-order valence-corrected chi connectivity index (χ4v) is 2.61. The smallest absolute Gasteiger partial charge is 0.242 e. The lowest BCUT2D eigenvalue weighted by Gasteiger charge is -2.39. The fraction of sp³-hybridized carbons (Fsp3) is 0.923. The van der Waals surface area contributed by atoms with Crippen molar-refractivity contribution in [3.63, 3.8) is 0 Å². The summed E-state index contributed by atoms with van der Waals surface area (Å²) in [6.45, 7) is 8.68. The van der Waals surface area contributed by atoms with Gasteiger partial charge < -0.3 is 10.6 Å². The largest absolute Gasteiger partial charge is 0.341 e. The molecule has 1 saturated heterocycles. The maximum absolute atomic E-state index is 12.0. The van der Waals surface area contributed by atoms with E-state index in [4.69, 9.17) is 5.73 Å². The number of likely N-dealkylation sites (tertiary alicyclic amines) is 1. The van der Waals surface area contributed by atoms with E-state index >= 15 is 0 Å². The number of hydrogen-bond acceptors (Lipinski definition) is 2. The van der Waals surface area contributed by atoms with Gasteiger partial charge in [0.15, 0.2) is 0 Å². The predicted octanol–water partition coefficient (Wildman–Crippen LogP) is 1.76. The van der Waals surface area contributed by atoms with Crippen LogP contribution in [-0.2, 0) is 4.79 Å². The van der Waals surface area contributed by atoms with E-state index in [9.17, 15) is 4.79 Å². The summed E-state index contributed by atoms with van der Waals surface area (Å²) in [7, 11) is 0. The molecule has 0 aromatic heterocycles. The van der Waals surface area contributed by atoms with Crippen LogP contribution in [0.5, 0.6) is 0 Å². The molecule has 1 aliphatic heterocycles. The zero-order valence-electron chi connectivity index (χ0n) is 10.8. The number of carbonyl (C=O) groups is 1. The highest BCUT2D eigenvalue weighted by Crippen LogP contribution is 2.38. The van der Waals surface area contributed by atoms with Gasteiger partial charge in [0, 0.05) is 13.1 Å². The molecule has 2 N–H and O–H groups in total. The van der Waals surface area contributed by atoms with Gasteiger partial charge in [-0.2, -0.15) is 0 Å². The van der Waals surface area contributed by atoms with Gasteiger partial charge in [0.1, 0.15) is 0 Å². The summed E-state index contributed by atoms with van der Waals surface area (Å²) in [5, 5.41) is 0. The van der Waals surface area contributed by atoms with Gasteiger partial charge in [-0.25, -0.2) is 0 Å². The van der Waals surface area contributed by atoms with Crippen LogP contribution in [0.2, 0.25) is 0 Å². The van der Waals surface area contributed by atoms with Gasteiger partial charge in [-0.1, -0.05) is 20.8 Å². The van der Waals surface area contributed by atoms with Crippen LogP contribution in [0.15, 0.2) is 0 Å². The molecule has 1 aliphatic carbocycles. The first-order valence-electron chi connectivity index (χ1n) is 6.41. The lowest BCUT2D eigenvalue weighted by molar-refractivity contribution is -0.135. The van der Waals surface area contributed by atoms with Crippen LogP contribution >= 0.6 is 0 Å². The average Bonchev–Trinajstić information content (AvgIpc) is 2.96. The monoisotopic (exact) mass is 224 g/mol. The molecule has 0 atom stereocenters. The van der Waals surface area contributed by atoms with E-state index in [-0.39, 0.29) is 5.91 Å². The van der Waals surface area contributed by atoms with Crippen molar-refractivity contribution in [3.05, 3.63) is 0 Å². The van der Waals surface area contributed by atoms with E-state index in [1.54, 1.807) is 0 Å². The third kappa shape index (κ3) is 2.24. The first kappa shape index (κ1) is 11.9. The molecule has 2 rings (SSSR count). The topological polar surface area (TPSA) is 46.3 Å². The Balaban J connectivity index is 1.88. The molecule has 3 nitrogen and oxygen atoms in total. The Labute approximate surface area is 98.4 Å². The third-order valence-corrected chi connectivity index (χ3v) is 4.22. The molecular weight excluding hydrogens is 200 g/mol. The molecule has 0 spiro atoms. The van der Waals surface area contributed by atoms with Crippen molar-refractivity contribution in [2.24, 2.45) is 17.1 Å². The maximum Gasteiger partial charge on any atom is 0.242 e. The lowest BCUT2D eigenvalue weighted by atomic mass is 9.75. The van der Waals surface area contributed by atoms with E-state index in [1.165, 1.54) is 0 Å². The van der Waals surface area contributed by atoms with Crippen molar-refractivity contribution in [1.82, 2.24) is 4.90 Å². The zero-order valence-corrected chi connectivity index (χ0v) is 10.8. The first-order valence-corrected chi connectivity index (χ1v) is 6.41. The van der Waals surface area contributed by atoms with Crippen LogP contribution in [0, 0.1) is 11.3 Å². The molecule has 0 unspecified atom stereocenters. The Hall–Kier alpha value is -0.570. The number of carbonyl (C=O) groups excluding carboxylic acids is 1. The standard InChI is InChI=1S/C13H24N2O/c1-12(2,3)10-4-8-15(9-5-10)11(16)13(14)6-7-13/h10H,4-9,14H2,1-3H3. The highest BCUT2D eigenvalue weighted by Gasteiger charge is 2.48. The van der Waals surface area contributed by atoms with E-state index in [0.717, 1.165) is 44.7 Å². The van der Waals surface area contributed by atoms with E-state index in [1.807, 2.05) is 4.90 Å². The number of amides is 1. The average molecular weight is 224 g/mol. The van der Waals surface area contributed by atoms with Crippen molar-refractivity contribution < 1.29 is 4.79 Å². The quantitative estimate of drug-likeness (QED) is 0.737. The minimum atomic E-state index is -0.478. The van der Waals surface area contributed by atoms with E-state index in [2.05, 4.69) is 20.8 Å². The van der Waals surface area contributed by atoms with Crippen LogP contribution < -0.4 is 5.73 Å². The zero-order chi connectivity index (χ0) is 12.0. The molecule has 92 valence electrons. The van der Waals surface area contributed by atoms with Crippen LogP contribution in [0.25, 0.3) is 0 Å². The minimum Gasteiger partial charge on any atom is -0.341 e. The van der Waals surface area contributed by atoms with Crippen molar-refractivity contribution in [2.45, 2.75) is 52.0 Å². The Kier molecular flexibility index (Phi) is 2.77. The summed E-state index contributed by atoms with van der Waals surface area (Å²) in [5.74, 6) is 0.935. The van der Waals surface area contributed by atoms with Crippen molar-refractivity contribution in [2.75, 3.05) is 13.1 Å². The Morgan fingerprint density at radius 2 is 1.75 bits per heavy atom. The summed E-state index contributed by atoms with van der Waals surface area (Å²) >= 11 is 0. The summed E-state index contributed by atoms with van der Waals surface area (Å²) < 4.78 is 0. The summed E-state index contributed by atoms with van der Waals surface area (Å²) in [6.07, 6.45) is 4.02. The SMILES string of the molecule is CC(C)(C)C1CCN(C(=O)C2(N)CC2)CC1. The molecule has 1 amide bonds. The van der Waals surface area contributed by atoms with Crippen LogP contribution in [0.3, 0.4) is 0 Å². The van der Waals surface area contributed by atoms with E-state index in [0.29, 0.717) is 5.41 Å². The Morgan fingerprint density at radius 3 is 2.12 bits per heavy atom. The van der Waals surface area contributed by atoms with Gasteiger partial charge in [0.2, 0.25) is 5.91 Å². The van der Waals surface area contributed by atoms with E-state index < -0.39 is 5.54 Å². The van der Waals surface area contributed by atoms with Crippen molar-refractivity contribution in [3.8, 4) is 0 Å². The normalized spacial score (nSPS) is 25.6. The van der Waals surface area contributed by atoms with Crippen LogP contribution in [-0.4, -0.2) is 29.4 Å². The summed E-state index contributed by atoms with van der Waals surface area (Å²) in [5.41, 5.74) is 5.84. The van der Waals surface area contributed by atoms with Gasteiger partial charge >= 0.3 is 0 Å². The number of piperidine rings is 1. The second-order valence-electron chi connectivity index (χ2n) is 6.59. The molecule has 3 heteroatoms. The Bertz CT molecular complexity index is 281. The molecule has 0 bridgehead atoms. The van der Waals surface area contributed by atoms with Crippen molar-refractivity contribution in [1.29, 1.82) is 0 Å². The third-order valence-electron chi connectivity index (χ3n) is 4.22. The van der Waals surface area contributed by atoms with Gasteiger partial charge in [-0.3, -0.25) is 4.79 Å². The van der Waals surface area contributed by atoms with Gasteiger partial charge in [-0.05, 0) is 37.0 Å². The predicted molar refractivity (Wildman–Crippen MR) is 64.9 cm³/mol. The summed E-state index contributed by atoms with van der Waals surface area (Å²) in [6, 6.07) is 0. The molecule has 2 aliphatic rings. The molecular formula is C13H24N2O. The molecule has 0 radical (unpaired) electrons. The molecule has 16 heavy (non-hydrogen) atoms. The van der Waals surface area contributed by atoms with Gasteiger partial charge in [0.25, 0.3) is 0 Å². The second-order valence-corrected chi connectivity index (χ2v) is 6.59. The lowest BCUT2D eigenvalue weighted by Crippen LogP contribution is -2.49. The maximum atomic E-state index is 12.0. The number of nitrogens with zero attached hydrogens (tertiary/aromatic N) is 1. The highest BCUT2D eigenvalue weighted by atomic mass is 16.2. The first-order chi connectivity index (χ1) is 7.33. The number of hydrogen-bond donors (Lipinski definition) is 1. The van der Waals surface area contributed by atoms with Crippen LogP contribution in [0.4, 0.5) is 0 Å². The van der Waals surface area contributed by atoms with Crippen molar-refractivity contribution >= 4 is 5.91 Å². The number of nitrogens with two attached hydrogens (primary N) is 1. The molecule has 1 heterocycles. The fourth-order valence-electron chi connectivity index (χ4n) is 2.61. The highest BCUT2D eigenvalue weighted by molar-refractivity contribution is 5.89. The van der Waals surface area contributed by atoms with Crippen LogP contribution in [0.1, 0.15) is 46.5 Å². The molecule has 1 saturated carbocycles. The van der Waals surface area contributed by atoms with Gasteiger partial charge in [-0.15, -0.1) is 0 Å².